The molecule has 4 aromatic rings. The third kappa shape index (κ3) is 4.09. The number of thiazole rings is 1. The molecule has 0 bridgehead atoms. The van der Waals surface area contributed by atoms with E-state index in [1.807, 2.05) is 54.6 Å². The highest BCUT2D eigenvalue weighted by Crippen LogP contribution is 2.31. The number of piperidine rings is 1. The van der Waals surface area contributed by atoms with E-state index in [0.29, 0.717) is 37.5 Å². The minimum absolute atomic E-state index is 0.00872. The van der Waals surface area contributed by atoms with Crippen LogP contribution in [0.1, 0.15) is 23.4 Å². The van der Waals surface area contributed by atoms with Gasteiger partial charge in [0.1, 0.15) is 0 Å². The molecule has 0 spiro atoms. The Hall–Kier alpha value is -3.45. The molecule has 6 nitrogen and oxygen atoms in total. The van der Waals surface area contributed by atoms with E-state index in [-0.39, 0.29) is 17.7 Å². The van der Waals surface area contributed by atoms with Crippen molar-refractivity contribution in [2.75, 3.05) is 18.4 Å². The van der Waals surface area contributed by atoms with Gasteiger partial charge in [0.15, 0.2) is 16.5 Å². The SMILES string of the molecule is O=C(Nc1ccccc1)C1CCN(C(=O)c2ccc(-c3nc4ccccc4s3)o2)CC1. The highest BCUT2D eigenvalue weighted by molar-refractivity contribution is 7.21. The van der Waals surface area contributed by atoms with Crippen LogP contribution in [0.5, 0.6) is 0 Å². The molecule has 5 rings (SSSR count). The average Bonchev–Trinajstić information content (AvgIpc) is 3.46. The van der Waals surface area contributed by atoms with Gasteiger partial charge in [0.25, 0.3) is 5.91 Å². The zero-order valence-corrected chi connectivity index (χ0v) is 17.6. The second-order valence-corrected chi connectivity index (χ2v) is 8.60. The number of hydrogen-bond donors (Lipinski definition) is 1. The number of fused-ring (bicyclic) bond motifs is 1. The maximum absolute atomic E-state index is 12.9. The first-order valence-corrected chi connectivity index (χ1v) is 11.1. The van der Waals surface area contributed by atoms with Crippen LogP contribution in [-0.4, -0.2) is 34.8 Å². The van der Waals surface area contributed by atoms with Crippen molar-refractivity contribution in [2.45, 2.75) is 12.8 Å². The van der Waals surface area contributed by atoms with Crippen LogP contribution in [-0.2, 0) is 4.79 Å². The lowest BCUT2D eigenvalue weighted by Crippen LogP contribution is -2.41. The molecule has 1 fully saturated rings. The number of rotatable bonds is 4. The Labute approximate surface area is 183 Å². The first kappa shape index (κ1) is 19.5. The predicted octanol–water partition coefficient (Wildman–Crippen LogP) is 5.05. The van der Waals surface area contributed by atoms with E-state index >= 15 is 0 Å². The summed E-state index contributed by atoms with van der Waals surface area (Å²) in [6.07, 6.45) is 1.27. The number of anilines is 1. The third-order valence-electron chi connectivity index (χ3n) is 5.52. The Bertz CT molecular complexity index is 1190. The van der Waals surface area contributed by atoms with Gasteiger partial charge in [-0.3, -0.25) is 9.59 Å². The smallest absolute Gasteiger partial charge is 0.289 e. The van der Waals surface area contributed by atoms with Gasteiger partial charge < -0.3 is 14.6 Å². The van der Waals surface area contributed by atoms with Gasteiger partial charge >= 0.3 is 0 Å². The molecule has 7 heteroatoms. The highest BCUT2D eigenvalue weighted by Gasteiger charge is 2.29. The van der Waals surface area contributed by atoms with E-state index in [4.69, 9.17) is 4.42 Å². The Morgan fingerprint density at radius 1 is 0.968 bits per heavy atom. The number of nitrogens with one attached hydrogen (secondary N) is 1. The third-order valence-corrected chi connectivity index (χ3v) is 6.57. The average molecular weight is 432 g/mol. The Morgan fingerprint density at radius 3 is 2.48 bits per heavy atom. The van der Waals surface area contributed by atoms with E-state index < -0.39 is 0 Å². The summed E-state index contributed by atoms with van der Waals surface area (Å²) in [5.41, 5.74) is 1.71. The summed E-state index contributed by atoms with van der Waals surface area (Å²) in [7, 11) is 0. The molecule has 0 atom stereocenters. The Kier molecular flexibility index (Phi) is 5.26. The number of benzene rings is 2. The van der Waals surface area contributed by atoms with Crippen molar-refractivity contribution >= 4 is 39.1 Å². The van der Waals surface area contributed by atoms with Gasteiger partial charge in [0, 0.05) is 24.7 Å². The fourth-order valence-corrected chi connectivity index (χ4v) is 4.74. The fraction of sp³-hybridized carbons (Fsp3) is 0.208. The number of likely N-dealkylation sites (tertiary alicyclic amines) is 1. The molecule has 156 valence electrons. The number of nitrogens with zero attached hydrogens (tertiary/aromatic N) is 2. The van der Waals surface area contributed by atoms with Gasteiger partial charge in [-0.1, -0.05) is 30.3 Å². The van der Waals surface area contributed by atoms with Gasteiger partial charge in [-0.05, 0) is 49.2 Å². The maximum Gasteiger partial charge on any atom is 0.289 e. The van der Waals surface area contributed by atoms with Crippen LogP contribution < -0.4 is 5.32 Å². The fourth-order valence-electron chi connectivity index (χ4n) is 3.81. The number of para-hydroxylation sites is 2. The highest BCUT2D eigenvalue weighted by atomic mass is 32.1. The molecule has 0 unspecified atom stereocenters. The van der Waals surface area contributed by atoms with Crippen LogP contribution in [0.2, 0.25) is 0 Å². The normalized spacial score (nSPS) is 14.6. The second-order valence-electron chi connectivity index (χ2n) is 7.57. The molecule has 1 saturated heterocycles. The van der Waals surface area contributed by atoms with Gasteiger partial charge in [0.2, 0.25) is 5.91 Å². The first-order valence-electron chi connectivity index (χ1n) is 10.3. The molecule has 0 saturated carbocycles. The summed E-state index contributed by atoms with van der Waals surface area (Å²) in [5, 5.41) is 3.71. The summed E-state index contributed by atoms with van der Waals surface area (Å²) in [4.78, 5) is 31.8. The summed E-state index contributed by atoms with van der Waals surface area (Å²) in [6, 6.07) is 20.8. The first-order chi connectivity index (χ1) is 15.2. The van der Waals surface area contributed by atoms with Crippen LogP contribution in [0.15, 0.2) is 71.1 Å². The molecule has 0 aliphatic carbocycles. The van der Waals surface area contributed by atoms with Crippen molar-refractivity contribution in [2.24, 2.45) is 5.92 Å². The van der Waals surface area contributed by atoms with Crippen molar-refractivity contribution in [3.63, 3.8) is 0 Å². The topological polar surface area (TPSA) is 75.4 Å². The monoisotopic (exact) mass is 431 g/mol. The Morgan fingerprint density at radius 2 is 1.71 bits per heavy atom. The minimum Gasteiger partial charge on any atom is -0.448 e. The lowest BCUT2D eigenvalue weighted by molar-refractivity contribution is -0.121. The number of hydrogen-bond acceptors (Lipinski definition) is 5. The zero-order valence-electron chi connectivity index (χ0n) is 16.8. The predicted molar refractivity (Wildman–Crippen MR) is 121 cm³/mol. The number of carbonyl (C=O) groups is 2. The molecular weight excluding hydrogens is 410 g/mol. The quantitative estimate of drug-likeness (QED) is 0.491. The molecule has 3 heterocycles. The molecule has 31 heavy (non-hydrogen) atoms. The van der Waals surface area contributed by atoms with Gasteiger partial charge in [-0.15, -0.1) is 11.3 Å². The summed E-state index contributed by atoms with van der Waals surface area (Å²) < 4.78 is 6.93. The molecule has 2 aromatic carbocycles. The molecule has 2 amide bonds. The summed E-state index contributed by atoms with van der Waals surface area (Å²) in [6.45, 7) is 1.06. The molecule has 2 aromatic heterocycles. The van der Waals surface area contributed by atoms with Crippen molar-refractivity contribution in [3.8, 4) is 10.8 Å². The van der Waals surface area contributed by atoms with Gasteiger partial charge in [-0.25, -0.2) is 4.98 Å². The van der Waals surface area contributed by atoms with Crippen LogP contribution >= 0.6 is 11.3 Å². The Balaban J connectivity index is 1.21. The van der Waals surface area contributed by atoms with E-state index in [2.05, 4.69) is 10.3 Å². The van der Waals surface area contributed by atoms with E-state index in [9.17, 15) is 9.59 Å². The standard InChI is InChI=1S/C24H21N3O3S/c28-22(25-17-6-2-1-3-7-17)16-12-14-27(15-13-16)24(29)20-11-10-19(30-20)23-26-18-8-4-5-9-21(18)31-23/h1-11,16H,12-15H2,(H,25,28). The van der Waals surface area contributed by atoms with E-state index in [1.165, 1.54) is 0 Å². The maximum atomic E-state index is 12.9. The molecule has 1 aliphatic rings. The molecule has 1 aliphatic heterocycles. The van der Waals surface area contributed by atoms with Crippen LogP contribution in [0, 0.1) is 5.92 Å². The van der Waals surface area contributed by atoms with Crippen molar-refractivity contribution in [3.05, 3.63) is 72.5 Å². The number of amides is 2. The van der Waals surface area contributed by atoms with E-state index in [0.717, 1.165) is 20.9 Å². The minimum atomic E-state index is -0.144. The van der Waals surface area contributed by atoms with Crippen molar-refractivity contribution < 1.29 is 14.0 Å². The zero-order chi connectivity index (χ0) is 21.2. The number of carbonyl (C=O) groups excluding carboxylic acids is 2. The van der Waals surface area contributed by atoms with Crippen LogP contribution in [0.4, 0.5) is 5.69 Å². The van der Waals surface area contributed by atoms with E-state index in [1.54, 1.807) is 28.4 Å². The van der Waals surface area contributed by atoms with Crippen molar-refractivity contribution in [1.82, 2.24) is 9.88 Å². The lowest BCUT2D eigenvalue weighted by atomic mass is 9.95. The largest absolute Gasteiger partial charge is 0.448 e. The second kappa shape index (κ2) is 8.35. The van der Waals surface area contributed by atoms with Crippen LogP contribution in [0.25, 0.3) is 21.0 Å². The van der Waals surface area contributed by atoms with Gasteiger partial charge in [-0.2, -0.15) is 0 Å². The van der Waals surface area contributed by atoms with Crippen molar-refractivity contribution in [1.29, 1.82) is 0 Å². The van der Waals surface area contributed by atoms with Gasteiger partial charge in [0.05, 0.1) is 10.2 Å². The summed E-state index contributed by atoms with van der Waals surface area (Å²) in [5.74, 6) is 0.672. The summed E-state index contributed by atoms with van der Waals surface area (Å²) >= 11 is 1.54. The molecule has 1 N–H and O–H groups in total. The number of aromatic nitrogens is 1. The molecule has 0 radical (unpaired) electrons. The van der Waals surface area contributed by atoms with Crippen LogP contribution in [0.3, 0.4) is 0 Å². The lowest BCUT2D eigenvalue weighted by Gasteiger charge is -2.30. The molecular formula is C24H21N3O3S. The number of furan rings is 1.